The zero-order chi connectivity index (χ0) is 13.5. The molecule has 0 unspecified atom stereocenters. The molecule has 0 heterocycles. The molecule has 0 radical (unpaired) electrons. The van der Waals surface area contributed by atoms with E-state index in [1.54, 1.807) is 0 Å². The molecule has 3 nitrogen and oxygen atoms in total. The lowest BCUT2D eigenvalue weighted by Crippen LogP contribution is -2.40. The van der Waals surface area contributed by atoms with Crippen LogP contribution in [0.5, 0.6) is 0 Å². The van der Waals surface area contributed by atoms with Crippen molar-refractivity contribution in [1.82, 2.24) is 5.32 Å². The monoisotopic (exact) mass is 243 g/mol. The summed E-state index contributed by atoms with van der Waals surface area (Å²) >= 11 is 0. The summed E-state index contributed by atoms with van der Waals surface area (Å²) in [6.45, 7) is 11.9. The van der Waals surface area contributed by atoms with Gasteiger partial charge in [-0.1, -0.05) is 20.8 Å². The minimum absolute atomic E-state index is 0.276. The molecule has 0 bridgehead atoms. The summed E-state index contributed by atoms with van der Waals surface area (Å²) in [6.07, 6.45) is 4.31. The van der Waals surface area contributed by atoms with Gasteiger partial charge in [0.05, 0.1) is 0 Å². The molecule has 17 heavy (non-hydrogen) atoms. The number of rotatable bonds is 1. The third-order valence-electron chi connectivity index (χ3n) is 2.74. The van der Waals surface area contributed by atoms with Gasteiger partial charge in [0, 0.05) is 6.04 Å². The smallest absolute Gasteiger partial charge is 0.407 e. The SMILES string of the molecule is CC.CC1CCC(NC(=O)OC(C)(C)C)CC1. The van der Waals surface area contributed by atoms with Crippen molar-refractivity contribution in [3.63, 3.8) is 0 Å². The minimum atomic E-state index is -0.397. The number of carbonyl (C=O) groups is 1. The summed E-state index contributed by atoms with van der Waals surface area (Å²) in [7, 11) is 0. The topological polar surface area (TPSA) is 38.3 Å². The van der Waals surface area contributed by atoms with E-state index in [9.17, 15) is 4.79 Å². The van der Waals surface area contributed by atoms with Gasteiger partial charge in [-0.3, -0.25) is 0 Å². The van der Waals surface area contributed by atoms with Gasteiger partial charge in [-0.25, -0.2) is 4.79 Å². The Labute approximate surface area is 106 Å². The van der Waals surface area contributed by atoms with E-state index in [-0.39, 0.29) is 6.09 Å². The third kappa shape index (κ3) is 8.06. The van der Waals surface area contributed by atoms with Crippen molar-refractivity contribution in [2.45, 2.75) is 78.9 Å². The van der Waals surface area contributed by atoms with Crippen LogP contribution in [0.3, 0.4) is 0 Å². The minimum Gasteiger partial charge on any atom is -0.444 e. The Kier molecular flexibility index (Phi) is 7.24. The van der Waals surface area contributed by atoms with Gasteiger partial charge < -0.3 is 10.1 Å². The molecular weight excluding hydrogens is 214 g/mol. The molecule has 0 aromatic carbocycles. The van der Waals surface area contributed by atoms with Gasteiger partial charge in [-0.2, -0.15) is 0 Å². The van der Waals surface area contributed by atoms with E-state index in [0.717, 1.165) is 18.8 Å². The Hall–Kier alpha value is -0.730. The van der Waals surface area contributed by atoms with Gasteiger partial charge in [0.1, 0.15) is 5.60 Å². The second-order valence-electron chi connectivity index (χ2n) is 5.60. The Morgan fingerprint density at radius 1 is 1.12 bits per heavy atom. The predicted octanol–water partition coefficient (Wildman–Crippen LogP) is 4.12. The molecule has 1 N–H and O–H groups in total. The van der Waals surface area contributed by atoms with Crippen LogP contribution in [0.15, 0.2) is 0 Å². The van der Waals surface area contributed by atoms with Crippen LogP contribution in [0.4, 0.5) is 4.79 Å². The average Bonchev–Trinajstić information content (AvgIpc) is 2.22. The Morgan fingerprint density at radius 2 is 1.59 bits per heavy atom. The normalized spacial score (nSPS) is 24.4. The lowest BCUT2D eigenvalue weighted by molar-refractivity contribution is 0.0488. The van der Waals surface area contributed by atoms with Gasteiger partial charge >= 0.3 is 6.09 Å². The molecule has 0 aliphatic heterocycles. The van der Waals surface area contributed by atoms with E-state index in [4.69, 9.17) is 4.74 Å². The molecule has 0 saturated heterocycles. The Morgan fingerprint density at radius 3 is 2.00 bits per heavy atom. The zero-order valence-corrected chi connectivity index (χ0v) is 12.3. The van der Waals surface area contributed by atoms with Crippen LogP contribution < -0.4 is 5.32 Å². The number of carbonyl (C=O) groups excluding carboxylic acids is 1. The molecule has 1 amide bonds. The van der Waals surface area contributed by atoms with Gasteiger partial charge in [0.2, 0.25) is 0 Å². The van der Waals surface area contributed by atoms with Crippen LogP contribution in [0, 0.1) is 5.92 Å². The van der Waals surface area contributed by atoms with Crippen LogP contribution in [0.25, 0.3) is 0 Å². The van der Waals surface area contributed by atoms with E-state index in [1.165, 1.54) is 12.8 Å². The average molecular weight is 243 g/mol. The standard InChI is InChI=1S/C12H23NO2.C2H6/c1-9-5-7-10(8-6-9)13-11(14)15-12(2,3)4;1-2/h9-10H,5-8H2,1-4H3,(H,13,14);1-2H3. The van der Waals surface area contributed by atoms with Gasteiger partial charge in [0.25, 0.3) is 0 Å². The highest BCUT2D eigenvalue weighted by Gasteiger charge is 2.22. The molecule has 1 fully saturated rings. The zero-order valence-electron chi connectivity index (χ0n) is 12.3. The highest BCUT2D eigenvalue weighted by atomic mass is 16.6. The van der Waals surface area contributed by atoms with Crippen LogP contribution in [-0.4, -0.2) is 17.7 Å². The number of hydrogen-bond donors (Lipinski definition) is 1. The van der Waals surface area contributed by atoms with Gasteiger partial charge in [0.15, 0.2) is 0 Å². The Balaban J connectivity index is 0.00000121. The van der Waals surface area contributed by atoms with Crippen LogP contribution >= 0.6 is 0 Å². The maximum atomic E-state index is 11.5. The maximum Gasteiger partial charge on any atom is 0.407 e. The van der Waals surface area contributed by atoms with Crippen molar-refractivity contribution in [2.75, 3.05) is 0 Å². The first-order valence-electron chi connectivity index (χ1n) is 6.86. The predicted molar refractivity (Wildman–Crippen MR) is 72.1 cm³/mol. The summed E-state index contributed by atoms with van der Waals surface area (Å²) in [5, 5.41) is 2.93. The molecule has 1 saturated carbocycles. The molecule has 0 aromatic heterocycles. The van der Waals surface area contributed by atoms with E-state index < -0.39 is 5.60 Å². The number of hydrogen-bond acceptors (Lipinski definition) is 2. The number of alkyl carbamates (subject to hydrolysis) is 1. The molecule has 1 aliphatic rings. The largest absolute Gasteiger partial charge is 0.444 e. The number of amides is 1. The van der Waals surface area contributed by atoms with E-state index in [0.29, 0.717) is 6.04 Å². The summed E-state index contributed by atoms with van der Waals surface area (Å²) in [5.41, 5.74) is -0.397. The van der Waals surface area contributed by atoms with E-state index in [2.05, 4.69) is 12.2 Å². The van der Waals surface area contributed by atoms with E-state index >= 15 is 0 Å². The molecule has 1 rings (SSSR count). The van der Waals surface area contributed by atoms with Crippen LogP contribution in [-0.2, 0) is 4.74 Å². The summed E-state index contributed by atoms with van der Waals surface area (Å²) in [4.78, 5) is 11.5. The molecule has 0 atom stereocenters. The lowest BCUT2D eigenvalue weighted by Gasteiger charge is -2.28. The van der Waals surface area contributed by atoms with Crippen molar-refractivity contribution < 1.29 is 9.53 Å². The lowest BCUT2D eigenvalue weighted by atomic mass is 9.87. The molecule has 0 spiro atoms. The molecular formula is C14H29NO2. The molecule has 3 heteroatoms. The summed E-state index contributed by atoms with van der Waals surface area (Å²) in [5.74, 6) is 0.807. The summed E-state index contributed by atoms with van der Waals surface area (Å²) < 4.78 is 5.22. The Bertz CT molecular complexity index is 213. The van der Waals surface area contributed by atoms with Crippen molar-refractivity contribution in [2.24, 2.45) is 5.92 Å². The van der Waals surface area contributed by atoms with Crippen molar-refractivity contribution in [3.8, 4) is 0 Å². The fourth-order valence-electron chi connectivity index (χ4n) is 1.88. The fourth-order valence-corrected chi connectivity index (χ4v) is 1.88. The van der Waals surface area contributed by atoms with Gasteiger partial charge in [-0.15, -0.1) is 0 Å². The van der Waals surface area contributed by atoms with Crippen LogP contribution in [0.2, 0.25) is 0 Å². The second kappa shape index (κ2) is 7.57. The highest BCUT2D eigenvalue weighted by molar-refractivity contribution is 5.68. The molecule has 0 aromatic rings. The number of ether oxygens (including phenoxy) is 1. The van der Waals surface area contributed by atoms with Crippen molar-refractivity contribution >= 4 is 6.09 Å². The maximum absolute atomic E-state index is 11.5. The highest BCUT2D eigenvalue weighted by Crippen LogP contribution is 2.23. The summed E-state index contributed by atoms with van der Waals surface area (Å²) in [6, 6.07) is 0.316. The van der Waals surface area contributed by atoms with E-state index in [1.807, 2.05) is 34.6 Å². The molecule has 1 aliphatic carbocycles. The first-order chi connectivity index (χ1) is 7.87. The van der Waals surface area contributed by atoms with Crippen molar-refractivity contribution in [1.29, 1.82) is 0 Å². The third-order valence-corrected chi connectivity index (χ3v) is 2.74. The first-order valence-corrected chi connectivity index (χ1v) is 6.86. The second-order valence-corrected chi connectivity index (χ2v) is 5.60. The molecule has 102 valence electrons. The number of nitrogens with one attached hydrogen (secondary N) is 1. The first kappa shape index (κ1) is 16.3. The fraction of sp³-hybridized carbons (Fsp3) is 0.929. The van der Waals surface area contributed by atoms with Crippen LogP contribution in [0.1, 0.15) is 67.2 Å². The quantitative estimate of drug-likeness (QED) is 0.752. The van der Waals surface area contributed by atoms with Crippen molar-refractivity contribution in [3.05, 3.63) is 0 Å². The van der Waals surface area contributed by atoms with Gasteiger partial charge in [-0.05, 0) is 52.4 Å².